The van der Waals surface area contributed by atoms with E-state index >= 15 is 0 Å². The molecule has 0 spiro atoms. The number of likely N-dealkylation sites (tertiary alicyclic amines) is 2. The predicted octanol–water partition coefficient (Wildman–Crippen LogP) is 2.90. The van der Waals surface area contributed by atoms with Gasteiger partial charge >= 0.3 is 0 Å². The standard InChI is InChI=1S/C25H31N3O5/c1-2-21(20-9-3-4-10-22(20)33-17-24(30)27-11-5-6-12-27)26-25(31)18-14-23(29)28(15-18)16-19-8-7-13-32-19/h3-4,7-10,13,18,21H,2,5-6,11-12,14-17H2,1H3,(H,26,31). The summed E-state index contributed by atoms with van der Waals surface area (Å²) in [6, 6.07) is 10.8. The molecular formula is C25H31N3O5. The smallest absolute Gasteiger partial charge is 0.260 e. The zero-order valence-corrected chi connectivity index (χ0v) is 19.0. The number of nitrogens with zero attached hydrogens (tertiary/aromatic N) is 2. The summed E-state index contributed by atoms with van der Waals surface area (Å²) >= 11 is 0. The summed E-state index contributed by atoms with van der Waals surface area (Å²) < 4.78 is 11.2. The Kier molecular flexibility index (Phi) is 7.32. The first-order valence-electron chi connectivity index (χ1n) is 11.6. The number of nitrogens with one attached hydrogen (secondary N) is 1. The van der Waals surface area contributed by atoms with Crippen molar-refractivity contribution in [3.05, 3.63) is 54.0 Å². The molecule has 1 N–H and O–H groups in total. The lowest BCUT2D eigenvalue weighted by Gasteiger charge is -2.23. The van der Waals surface area contributed by atoms with E-state index in [0.717, 1.165) is 31.5 Å². The Hall–Kier alpha value is -3.29. The number of amides is 3. The normalized spacial score (nSPS) is 19.1. The van der Waals surface area contributed by atoms with E-state index in [9.17, 15) is 14.4 Å². The third-order valence-corrected chi connectivity index (χ3v) is 6.34. The minimum atomic E-state index is -0.411. The van der Waals surface area contributed by atoms with E-state index in [1.54, 1.807) is 17.2 Å². The van der Waals surface area contributed by atoms with Crippen molar-refractivity contribution in [3.8, 4) is 5.75 Å². The van der Waals surface area contributed by atoms with Crippen LogP contribution in [0.4, 0.5) is 0 Å². The molecule has 2 atom stereocenters. The average Bonchev–Trinajstić information content (AvgIpc) is 3.60. The van der Waals surface area contributed by atoms with Gasteiger partial charge in [0.1, 0.15) is 11.5 Å². The summed E-state index contributed by atoms with van der Waals surface area (Å²) in [6.07, 6.45) is 4.49. The van der Waals surface area contributed by atoms with E-state index in [0.29, 0.717) is 31.0 Å². The van der Waals surface area contributed by atoms with Crippen LogP contribution in [0, 0.1) is 5.92 Å². The number of furan rings is 1. The maximum absolute atomic E-state index is 13.0. The molecule has 2 fully saturated rings. The maximum atomic E-state index is 13.0. The number of hydrogen-bond acceptors (Lipinski definition) is 5. The Morgan fingerprint density at radius 3 is 2.70 bits per heavy atom. The molecule has 176 valence electrons. The second-order valence-electron chi connectivity index (χ2n) is 8.64. The van der Waals surface area contributed by atoms with Gasteiger partial charge in [0.05, 0.1) is 24.8 Å². The molecule has 8 nitrogen and oxygen atoms in total. The van der Waals surface area contributed by atoms with Crippen LogP contribution in [0.25, 0.3) is 0 Å². The molecule has 0 saturated carbocycles. The van der Waals surface area contributed by atoms with Crippen molar-refractivity contribution in [2.24, 2.45) is 5.92 Å². The van der Waals surface area contributed by atoms with Gasteiger partial charge in [0.15, 0.2) is 6.61 Å². The number of benzene rings is 1. The quantitative estimate of drug-likeness (QED) is 0.630. The molecule has 4 rings (SSSR count). The van der Waals surface area contributed by atoms with Crippen LogP contribution < -0.4 is 10.1 Å². The first-order valence-corrected chi connectivity index (χ1v) is 11.6. The summed E-state index contributed by atoms with van der Waals surface area (Å²) in [5, 5.41) is 3.09. The highest BCUT2D eigenvalue weighted by atomic mass is 16.5. The van der Waals surface area contributed by atoms with E-state index < -0.39 is 5.92 Å². The van der Waals surface area contributed by atoms with Crippen LogP contribution in [0.15, 0.2) is 47.1 Å². The molecule has 0 radical (unpaired) electrons. The van der Waals surface area contributed by atoms with Gasteiger partial charge in [-0.2, -0.15) is 0 Å². The van der Waals surface area contributed by atoms with Gasteiger partial charge in [0.25, 0.3) is 5.91 Å². The SMILES string of the molecule is CCC(NC(=O)C1CC(=O)N(Cc2ccco2)C1)c1ccccc1OCC(=O)N1CCCC1. The molecule has 3 heterocycles. The maximum Gasteiger partial charge on any atom is 0.260 e. The zero-order valence-electron chi connectivity index (χ0n) is 19.0. The third-order valence-electron chi connectivity index (χ3n) is 6.34. The lowest BCUT2D eigenvalue weighted by atomic mass is 10.0. The summed E-state index contributed by atoms with van der Waals surface area (Å²) in [5.41, 5.74) is 0.833. The van der Waals surface area contributed by atoms with Crippen molar-refractivity contribution >= 4 is 17.7 Å². The van der Waals surface area contributed by atoms with E-state index in [-0.39, 0.29) is 36.8 Å². The number of hydrogen-bond donors (Lipinski definition) is 1. The first kappa shape index (κ1) is 22.9. The average molecular weight is 454 g/mol. The van der Waals surface area contributed by atoms with Crippen LogP contribution in [0.1, 0.15) is 50.0 Å². The monoisotopic (exact) mass is 453 g/mol. The van der Waals surface area contributed by atoms with E-state index in [2.05, 4.69) is 5.32 Å². The van der Waals surface area contributed by atoms with Gasteiger partial charge in [-0.3, -0.25) is 14.4 Å². The minimum Gasteiger partial charge on any atom is -0.483 e. The number of carbonyl (C=O) groups excluding carboxylic acids is 3. The fraction of sp³-hybridized carbons (Fsp3) is 0.480. The lowest BCUT2D eigenvalue weighted by Crippen LogP contribution is -2.35. The van der Waals surface area contributed by atoms with Gasteiger partial charge < -0.3 is 24.3 Å². The van der Waals surface area contributed by atoms with E-state index in [4.69, 9.17) is 9.15 Å². The Morgan fingerprint density at radius 2 is 1.97 bits per heavy atom. The Morgan fingerprint density at radius 1 is 1.18 bits per heavy atom. The fourth-order valence-corrected chi connectivity index (χ4v) is 4.48. The summed E-state index contributed by atoms with van der Waals surface area (Å²) in [6.45, 7) is 4.28. The van der Waals surface area contributed by atoms with Crippen LogP contribution >= 0.6 is 0 Å². The highest BCUT2D eigenvalue weighted by molar-refractivity contribution is 5.89. The molecular weight excluding hydrogens is 422 g/mol. The molecule has 2 unspecified atom stereocenters. The molecule has 2 aromatic rings. The Labute approximate surface area is 193 Å². The largest absolute Gasteiger partial charge is 0.483 e. The van der Waals surface area contributed by atoms with E-state index in [1.807, 2.05) is 42.2 Å². The molecule has 3 amide bonds. The molecule has 0 aliphatic carbocycles. The van der Waals surface area contributed by atoms with Crippen molar-refractivity contribution in [3.63, 3.8) is 0 Å². The van der Waals surface area contributed by atoms with Gasteiger partial charge in [0.2, 0.25) is 11.8 Å². The number of para-hydroxylation sites is 1. The molecule has 8 heteroatoms. The highest BCUT2D eigenvalue weighted by Gasteiger charge is 2.35. The lowest BCUT2D eigenvalue weighted by molar-refractivity contribution is -0.132. The molecule has 1 aromatic heterocycles. The summed E-state index contributed by atoms with van der Waals surface area (Å²) in [7, 11) is 0. The van der Waals surface area contributed by atoms with Crippen LogP contribution in [-0.4, -0.2) is 53.8 Å². The summed E-state index contributed by atoms with van der Waals surface area (Å²) in [4.78, 5) is 41.3. The van der Waals surface area contributed by atoms with Gasteiger partial charge in [-0.1, -0.05) is 25.1 Å². The third kappa shape index (κ3) is 5.56. The minimum absolute atomic E-state index is 0.0134. The topological polar surface area (TPSA) is 92.1 Å². The van der Waals surface area contributed by atoms with Crippen molar-refractivity contribution in [2.45, 2.75) is 45.2 Å². The molecule has 33 heavy (non-hydrogen) atoms. The van der Waals surface area contributed by atoms with Crippen LogP contribution in [-0.2, 0) is 20.9 Å². The molecule has 2 saturated heterocycles. The zero-order chi connectivity index (χ0) is 23.2. The molecule has 0 bridgehead atoms. The Balaban J connectivity index is 1.37. The summed E-state index contributed by atoms with van der Waals surface area (Å²) in [5.74, 6) is 0.667. The van der Waals surface area contributed by atoms with Crippen molar-refractivity contribution in [1.29, 1.82) is 0 Å². The molecule has 1 aromatic carbocycles. The molecule has 2 aliphatic heterocycles. The van der Waals surface area contributed by atoms with Crippen molar-refractivity contribution in [1.82, 2.24) is 15.1 Å². The van der Waals surface area contributed by atoms with Crippen LogP contribution in [0.2, 0.25) is 0 Å². The second kappa shape index (κ2) is 10.6. The first-order chi connectivity index (χ1) is 16.0. The van der Waals surface area contributed by atoms with Gasteiger partial charge in [-0.15, -0.1) is 0 Å². The number of carbonyl (C=O) groups is 3. The van der Waals surface area contributed by atoms with Gasteiger partial charge in [0, 0.05) is 31.6 Å². The number of ether oxygens (including phenoxy) is 1. The predicted molar refractivity (Wildman–Crippen MR) is 121 cm³/mol. The van der Waals surface area contributed by atoms with E-state index in [1.165, 1.54) is 0 Å². The number of rotatable bonds is 9. The van der Waals surface area contributed by atoms with Crippen molar-refractivity contribution < 1.29 is 23.5 Å². The van der Waals surface area contributed by atoms with Crippen LogP contribution in [0.5, 0.6) is 5.75 Å². The van der Waals surface area contributed by atoms with Gasteiger partial charge in [-0.05, 0) is 37.5 Å². The second-order valence-corrected chi connectivity index (χ2v) is 8.64. The Bertz CT molecular complexity index is 968. The van der Waals surface area contributed by atoms with Gasteiger partial charge in [-0.25, -0.2) is 0 Å². The fourth-order valence-electron chi connectivity index (χ4n) is 4.48. The van der Waals surface area contributed by atoms with Crippen molar-refractivity contribution in [2.75, 3.05) is 26.2 Å². The molecule has 2 aliphatic rings. The van der Waals surface area contributed by atoms with Crippen LogP contribution in [0.3, 0.4) is 0 Å². The highest BCUT2D eigenvalue weighted by Crippen LogP contribution is 2.29.